The molecule has 1 aromatic carbocycles. The highest BCUT2D eigenvalue weighted by Gasteiger charge is 2.53. The van der Waals surface area contributed by atoms with Crippen molar-refractivity contribution >= 4 is 33.6 Å². The molecule has 3 unspecified atom stereocenters. The molecule has 0 radical (unpaired) electrons. The second kappa shape index (κ2) is 9.29. The van der Waals surface area contributed by atoms with Crippen molar-refractivity contribution in [3.63, 3.8) is 0 Å². The summed E-state index contributed by atoms with van der Waals surface area (Å²) in [4.78, 5) is 40.6. The lowest BCUT2D eigenvalue weighted by Gasteiger charge is -2.42. The average Bonchev–Trinajstić information content (AvgIpc) is 3.21. The minimum absolute atomic E-state index is 0.0107. The predicted molar refractivity (Wildman–Crippen MR) is 153 cm³/mol. The van der Waals surface area contributed by atoms with Crippen molar-refractivity contribution in [2.24, 2.45) is 0 Å². The summed E-state index contributed by atoms with van der Waals surface area (Å²) in [5.41, 5.74) is 2.61. The fourth-order valence-electron chi connectivity index (χ4n) is 6.78. The van der Waals surface area contributed by atoms with Crippen LogP contribution in [0, 0.1) is 6.92 Å². The molecular formula is C31H38N4O3S. The first-order valence-electron chi connectivity index (χ1n) is 14.1. The van der Waals surface area contributed by atoms with Crippen LogP contribution in [0.4, 0.5) is 4.79 Å². The molecule has 4 heterocycles. The monoisotopic (exact) mass is 546 g/mol. The molecule has 8 heteroatoms. The Kier molecular flexibility index (Phi) is 6.25. The predicted octanol–water partition coefficient (Wildman–Crippen LogP) is 6.45. The molecule has 2 amide bonds. The van der Waals surface area contributed by atoms with Gasteiger partial charge in [0.25, 0.3) is 5.91 Å². The van der Waals surface area contributed by atoms with Crippen LogP contribution in [0.3, 0.4) is 0 Å². The van der Waals surface area contributed by atoms with Gasteiger partial charge in [-0.2, -0.15) is 0 Å². The molecule has 206 valence electrons. The van der Waals surface area contributed by atoms with E-state index in [-0.39, 0.29) is 35.5 Å². The van der Waals surface area contributed by atoms with E-state index in [1.165, 1.54) is 10.9 Å². The van der Waals surface area contributed by atoms with E-state index in [2.05, 4.69) is 35.5 Å². The Labute approximate surface area is 234 Å². The van der Waals surface area contributed by atoms with Gasteiger partial charge in [-0.15, -0.1) is 11.3 Å². The first kappa shape index (κ1) is 26.2. The smallest absolute Gasteiger partial charge is 0.410 e. The van der Waals surface area contributed by atoms with Gasteiger partial charge < -0.3 is 14.5 Å². The van der Waals surface area contributed by atoms with E-state index in [0.717, 1.165) is 48.5 Å². The van der Waals surface area contributed by atoms with Gasteiger partial charge in [0, 0.05) is 47.5 Å². The number of aromatic nitrogens is 2. The minimum Gasteiger partial charge on any atom is -0.444 e. The number of rotatable bonds is 4. The molecule has 5 atom stereocenters. The molecule has 2 aliphatic heterocycles. The number of carbonyl (C=O) groups is 2. The fourth-order valence-corrected chi connectivity index (χ4v) is 7.60. The second-order valence-corrected chi connectivity index (χ2v) is 13.8. The van der Waals surface area contributed by atoms with E-state index in [1.54, 1.807) is 11.3 Å². The fraction of sp³-hybridized carbons (Fsp3) is 0.548. The summed E-state index contributed by atoms with van der Waals surface area (Å²) in [7, 11) is 1.91. The Morgan fingerprint density at radius 2 is 1.74 bits per heavy atom. The zero-order valence-electron chi connectivity index (χ0n) is 23.7. The highest BCUT2D eigenvalue weighted by atomic mass is 32.1. The average molecular weight is 547 g/mol. The van der Waals surface area contributed by atoms with Gasteiger partial charge in [0.05, 0.1) is 5.69 Å². The Morgan fingerprint density at radius 1 is 1.08 bits per heavy atom. The summed E-state index contributed by atoms with van der Waals surface area (Å²) in [5, 5.41) is 3.26. The lowest BCUT2D eigenvalue weighted by atomic mass is 9.92. The van der Waals surface area contributed by atoms with Crippen molar-refractivity contribution in [3.8, 4) is 0 Å². The van der Waals surface area contributed by atoms with Crippen molar-refractivity contribution in [1.82, 2.24) is 19.8 Å². The van der Waals surface area contributed by atoms with Crippen LogP contribution in [0.1, 0.15) is 93.2 Å². The standard InChI is InChI=1S/C31H38N4O3S/c1-18-32-26(24-13-14-39-27(24)33-18)25-17-31(25,5)20-9-7-19(8-10-20)28(36)34(6)23-15-21-11-12-22(16-23)35(21)29(37)38-30(2,3)4/h7-10,13-14,21-23,25H,11-12,15-17H2,1-6H3/t21-,22+,23?,25?,31?. The number of benzene rings is 1. The number of hydrogen-bond donors (Lipinski definition) is 0. The van der Waals surface area contributed by atoms with Crippen molar-refractivity contribution in [1.29, 1.82) is 0 Å². The Morgan fingerprint density at radius 3 is 2.38 bits per heavy atom. The zero-order chi connectivity index (χ0) is 27.7. The normalized spacial score (nSPS) is 28.0. The van der Waals surface area contributed by atoms with Gasteiger partial charge in [-0.3, -0.25) is 4.79 Å². The van der Waals surface area contributed by atoms with Crippen LogP contribution in [-0.4, -0.2) is 62.5 Å². The van der Waals surface area contributed by atoms with Gasteiger partial charge in [-0.1, -0.05) is 19.1 Å². The number of ether oxygens (including phenoxy) is 1. The van der Waals surface area contributed by atoms with Crippen LogP contribution < -0.4 is 0 Å². The molecule has 3 fully saturated rings. The molecule has 1 aliphatic carbocycles. The number of amides is 2. The van der Waals surface area contributed by atoms with Crippen LogP contribution in [0.25, 0.3) is 10.2 Å². The second-order valence-electron chi connectivity index (χ2n) is 12.9. The molecule has 2 saturated heterocycles. The Bertz CT molecular complexity index is 1410. The first-order chi connectivity index (χ1) is 18.4. The van der Waals surface area contributed by atoms with Gasteiger partial charge in [0.1, 0.15) is 16.3 Å². The summed E-state index contributed by atoms with van der Waals surface area (Å²) in [6.45, 7) is 9.97. The van der Waals surface area contributed by atoms with Crippen LogP contribution in [0.15, 0.2) is 35.7 Å². The Balaban J connectivity index is 1.13. The number of nitrogens with zero attached hydrogens (tertiary/aromatic N) is 4. The molecular weight excluding hydrogens is 508 g/mol. The van der Waals surface area contributed by atoms with Gasteiger partial charge in [0.15, 0.2) is 0 Å². The van der Waals surface area contributed by atoms with E-state index in [9.17, 15) is 9.59 Å². The maximum absolute atomic E-state index is 13.5. The number of carbonyl (C=O) groups excluding carboxylic acids is 2. The first-order valence-corrected chi connectivity index (χ1v) is 14.9. The zero-order valence-corrected chi connectivity index (χ0v) is 24.5. The van der Waals surface area contributed by atoms with Gasteiger partial charge >= 0.3 is 6.09 Å². The van der Waals surface area contributed by atoms with Crippen LogP contribution in [0.5, 0.6) is 0 Å². The summed E-state index contributed by atoms with van der Waals surface area (Å²) >= 11 is 1.66. The molecule has 7 nitrogen and oxygen atoms in total. The Hall–Kier alpha value is -3.00. The van der Waals surface area contributed by atoms with E-state index < -0.39 is 5.60 Å². The molecule has 6 rings (SSSR count). The summed E-state index contributed by atoms with van der Waals surface area (Å²) in [6, 6.07) is 10.7. The van der Waals surface area contributed by atoms with E-state index >= 15 is 0 Å². The molecule has 1 saturated carbocycles. The third-order valence-electron chi connectivity index (χ3n) is 9.01. The molecule has 2 bridgehead atoms. The summed E-state index contributed by atoms with van der Waals surface area (Å²) < 4.78 is 5.67. The lowest BCUT2D eigenvalue weighted by molar-refractivity contribution is -0.00112. The summed E-state index contributed by atoms with van der Waals surface area (Å²) in [5.74, 6) is 1.22. The number of hydrogen-bond acceptors (Lipinski definition) is 6. The molecule has 2 aromatic heterocycles. The number of aryl methyl sites for hydroxylation is 1. The highest BCUT2D eigenvalue weighted by Crippen LogP contribution is 2.60. The third kappa shape index (κ3) is 4.71. The van der Waals surface area contributed by atoms with E-state index in [4.69, 9.17) is 9.72 Å². The molecule has 0 N–H and O–H groups in total. The van der Waals surface area contributed by atoms with Gasteiger partial charge in [0.2, 0.25) is 0 Å². The number of piperidine rings is 1. The third-order valence-corrected chi connectivity index (χ3v) is 9.81. The van der Waals surface area contributed by atoms with Crippen LogP contribution in [-0.2, 0) is 10.2 Å². The van der Waals surface area contributed by atoms with Crippen molar-refractivity contribution in [2.75, 3.05) is 7.05 Å². The number of fused-ring (bicyclic) bond motifs is 3. The molecule has 3 aromatic rings. The van der Waals surface area contributed by atoms with Crippen LogP contribution >= 0.6 is 11.3 Å². The SMILES string of the molecule is Cc1nc(C2CC2(C)c2ccc(C(=O)N(C)C3C[C@H]4CC[C@@H](C3)N4C(=O)OC(C)(C)C)cc2)c2ccsc2n1. The van der Waals surface area contributed by atoms with Crippen LogP contribution in [0.2, 0.25) is 0 Å². The number of thiophene rings is 1. The maximum atomic E-state index is 13.5. The van der Waals surface area contributed by atoms with Gasteiger partial charge in [-0.25, -0.2) is 14.8 Å². The molecule has 0 spiro atoms. The van der Waals surface area contributed by atoms with Crippen molar-refractivity contribution in [3.05, 3.63) is 58.4 Å². The van der Waals surface area contributed by atoms with Crippen molar-refractivity contribution < 1.29 is 14.3 Å². The minimum atomic E-state index is -0.506. The summed E-state index contributed by atoms with van der Waals surface area (Å²) in [6.07, 6.45) is 4.36. The van der Waals surface area contributed by atoms with Gasteiger partial charge in [-0.05, 0) is 88.9 Å². The molecule has 39 heavy (non-hydrogen) atoms. The highest BCUT2D eigenvalue weighted by molar-refractivity contribution is 7.16. The molecule has 3 aliphatic rings. The van der Waals surface area contributed by atoms with E-state index in [1.807, 2.05) is 56.7 Å². The quantitative estimate of drug-likeness (QED) is 0.376. The van der Waals surface area contributed by atoms with Crippen molar-refractivity contribution in [2.45, 2.75) is 102 Å². The van der Waals surface area contributed by atoms with E-state index in [0.29, 0.717) is 11.5 Å². The largest absolute Gasteiger partial charge is 0.444 e. The maximum Gasteiger partial charge on any atom is 0.410 e. The lowest BCUT2D eigenvalue weighted by Crippen LogP contribution is -2.53. The topological polar surface area (TPSA) is 75.6 Å².